The van der Waals surface area contributed by atoms with Crippen molar-refractivity contribution in [1.82, 2.24) is 0 Å². The molecule has 0 heterocycles. The predicted molar refractivity (Wildman–Crippen MR) is 67.1 cm³/mol. The van der Waals surface area contributed by atoms with Crippen molar-refractivity contribution >= 4 is 19.0 Å². The Balaban J connectivity index is 2.32. The van der Waals surface area contributed by atoms with Gasteiger partial charge in [-0.05, 0) is 17.6 Å². The predicted octanol–water partition coefficient (Wildman–Crippen LogP) is 1.44. The molecule has 0 saturated heterocycles. The summed E-state index contributed by atoms with van der Waals surface area (Å²) in [5.41, 5.74) is 1.91. The van der Waals surface area contributed by atoms with E-state index in [1.54, 1.807) is 6.08 Å². The van der Waals surface area contributed by atoms with Gasteiger partial charge in [0.05, 0.1) is 5.31 Å². The number of benzene rings is 1. The molecule has 1 aliphatic rings. The van der Waals surface area contributed by atoms with Gasteiger partial charge < -0.3 is 14.8 Å². The molecule has 3 nitrogen and oxygen atoms in total. The minimum absolute atomic E-state index is 0.300. The third kappa shape index (κ3) is 2.23. The fraction of sp³-hybridized carbons (Fsp3) is 0.154. The van der Waals surface area contributed by atoms with Crippen molar-refractivity contribution in [1.29, 1.82) is 0 Å². The van der Waals surface area contributed by atoms with Crippen molar-refractivity contribution in [2.24, 2.45) is 0 Å². The first kappa shape index (κ1) is 11.8. The number of carbonyl (C=O) groups excluding carboxylic acids is 1. The van der Waals surface area contributed by atoms with E-state index in [2.05, 4.69) is 0 Å². The van der Waals surface area contributed by atoms with Gasteiger partial charge in [0, 0.05) is 0 Å². The van der Waals surface area contributed by atoms with Crippen LogP contribution >= 0.6 is 0 Å². The van der Waals surface area contributed by atoms with Crippen molar-refractivity contribution < 1.29 is 14.8 Å². The standard InChI is InChI=1S/C13H13BO3/c15-10-13(14(16)17)8-4-7-12(9-13)11-5-2-1-3-6-11/h1-8,10,16-17H,9H2. The summed E-state index contributed by atoms with van der Waals surface area (Å²) < 4.78 is 0. The third-order valence-corrected chi connectivity index (χ3v) is 3.05. The molecule has 0 spiro atoms. The van der Waals surface area contributed by atoms with E-state index in [1.807, 2.05) is 36.4 Å². The SMILES string of the molecule is O=CC1(B(O)O)C=CC=C(c2ccccc2)C1. The highest BCUT2D eigenvalue weighted by Gasteiger charge is 2.41. The molecule has 86 valence electrons. The Bertz CT molecular complexity index is 465. The molecule has 1 atom stereocenters. The summed E-state index contributed by atoms with van der Waals surface area (Å²) in [6, 6.07) is 9.60. The van der Waals surface area contributed by atoms with Gasteiger partial charge in [0.15, 0.2) is 0 Å². The molecule has 0 aliphatic heterocycles. The van der Waals surface area contributed by atoms with Crippen LogP contribution < -0.4 is 0 Å². The zero-order chi connectivity index (χ0) is 12.3. The van der Waals surface area contributed by atoms with Gasteiger partial charge in [0.2, 0.25) is 0 Å². The molecule has 17 heavy (non-hydrogen) atoms. The highest BCUT2D eigenvalue weighted by atomic mass is 16.4. The maximum Gasteiger partial charge on any atom is 0.470 e. The van der Waals surface area contributed by atoms with Crippen molar-refractivity contribution in [2.45, 2.75) is 11.7 Å². The molecule has 2 N–H and O–H groups in total. The maximum atomic E-state index is 11.1. The number of rotatable bonds is 3. The van der Waals surface area contributed by atoms with E-state index in [0.29, 0.717) is 12.7 Å². The maximum absolute atomic E-state index is 11.1. The summed E-state index contributed by atoms with van der Waals surface area (Å²) in [7, 11) is -1.68. The second-order valence-corrected chi connectivity index (χ2v) is 4.20. The summed E-state index contributed by atoms with van der Waals surface area (Å²) in [6.07, 6.45) is 6.02. The van der Waals surface area contributed by atoms with Crippen molar-refractivity contribution in [2.75, 3.05) is 0 Å². The van der Waals surface area contributed by atoms with Crippen LogP contribution in [-0.4, -0.2) is 23.5 Å². The molecule has 0 aromatic heterocycles. The summed E-state index contributed by atoms with van der Waals surface area (Å²) in [6.45, 7) is 0. The van der Waals surface area contributed by atoms with E-state index in [0.717, 1.165) is 11.1 Å². The molecule has 0 amide bonds. The number of carbonyl (C=O) groups is 1. The van der Waals surface area contributed by atoms with Gasteiger partial charge in [0.1, 0.15) is 6.29 Å². The summed E-state index contributed by atoms with van der Waals surface area (Å²) in [4.78, 5) is 11.1. The Hall–Kier alpha value is -1.65. The molecule has 0 radical (unpaired) electrons. The van der Waals surface area contributed by atoms with Crippen LogP contribution in [0.1, 0.15) is 12.0 Å². The first-order valence-electron chi connectivity index (χ1n) is 5.44. The Morgan fingerprint density at radius 2 is 1.94 bits per heavy atom. The van der Waals surface area contributed by atoms with Crippen molar-refractivity contribution in [3.8, 4) is 0 Å². The lowest BCUT2D eigenvalue weighted by Crippen LogP contribution is -2.34. The Kier molecular flexibility index (Phi) is 3.27. The topological polar surface area (TPSA) is 57.5 Å². The molecule has 1 aromatic rings. The van der Waals surface area contributed by atoms with E-state index in [4.69, 9.17) is 0 Å². The van der Waals surface area contributed by atoms with Crippen LogP contribution in [0.15, 0.2) is 48.6 Å². The summed E-state index contributed by atoms with van der Waals surface area (Å²) in [5, 5.41) is 17.5. The minimum Gasteiger partial charge on any atom is -0.426 e. The highest BCUT2D eigenvalue weighted by molar-refractivity contribution is 6.51. The molecule has 0 bridgehead atoms. The second-order valence-electron chi connectivity index (χ2n) is 4.20. The second kappa shape index (κ2) is 4.69. The summed E-state index contributed by atoms with van der Waals surface area (Å²) in [5.74, 6) is 0. The normalized spacial score (nSPS) is 23.1. The van der Waals surface area contributed by atoms with E-state index in [9.17, 15) is 14.8 Å². The van der Waals surface area contributed by atoms with Gasteiger partial charge in [0.25, 0.3) is 0 Å². The fourth-order valence-electron chi connectivity index (χ4n) is 1.96. The van der Waals surface area contributed by atoms with Gasteiger partial charge in [-0.25, -0.2) is 0 Å². The Morgan fingerprint density at radius 3 is 2.53 bits per heavy atom. The number of aldehydes is 1. The first-order chi connectivity index (χ1) is 8.18. The van der Waals surface area contributed by atoms with Gasteiger partial charge in [-0.15, -0.1) is 0 Å². The molecule has 2 rings (SSSR count). The quantitative estimate of drug-likeness (QED) is 0.607. The lowest BCUT2D eigenvalue weighted by atomic mass is 9.54. The molecule has 1 unspecified atom stereocenters. The zero-order valence-electron chi connectivity index (χ0n) is 9.28. The van der Waals surface area contributed by atoms with Crippen LogP contribution in [0.25, 0.3) is 5.57 Å². The van der Waals surface area contributed by atoms with Crippen LogP contribution in [0.2, 0.25) is 5.31 Å². The number of hydrogen-bond donors (Lipinski definition) is 2. The van der Waals surface area contributed by atoms with E-state index >= 15 is 0 Å². The lowest BCUT2D eigenvalue weighted by Gasteiger charge is -2.27. The Labute approximate surface area is 100 Å². The number of hydrogen-bond acceptors (Lipinski definition) is 3. The average molecular weight is 228 g/mol. The molecular formula is C13H13BO3. The minimum atomic E-state index is -1.68. The van der Waals surface area contributed by atoms with Gasteiger partial charge in [-0.1, -0.05) is 48.6 Å². The Morgan fingerprint density at radius 1 is 1.24 bits per heavy atom. The van der Waals surface area contributed by atoms with Gasteiger partial charge in [-0.3, -0.25) is 0 Å². The largest absolute Gasteiger partial charge is 0.470 e. The lowest BCUT2D eigenvalue weighted by molar-refractivity contribution is -0.109. The smallest absolute Gasteiger partial charge is 0.426 e. The molecular weight excluding hydrogens is 215 g/mol. The molecule has 0 fully saturated rings. The van der Waals surface area contributed by atoms with Crippen molar-refractivity contribution in [3.63, 3.8) is 0 Å². The average Bonchev–Trinajstić information content (AvgIpc) is 2.39. The van der Waals surface area contributed by atoms with E-state index in [1.165, 1.54) is 6.08 Å². The van der Waals surface area contributed by atoms with Crippen molar-refractivity contribution in [3.05, 3.63) is 54.1 Å². The number of allylic oxidation sites excluding steroid dienone is 4. The van der Waals surface area contributed by atoms with Gasteiger partial charge >= 0.3 is 7.12 Å². The van der Waals surface area contributed by atoms with Crippen LogP contribution in [0, 0.1) is 0 Å². The molecule has 1 aromatic carbocycles. The third-order valence-electron chi connectivity index (χ3n) is 3.05. The monoisotopic (exact) mass is 228 g/mol. The van der Waals surface area contributed by atoms with Crippen LogP contribution in [0.4, 0.5) is 0 Å². The summed E-state index contributed by atoms with van der Waals surface area (Å²) >= 11 is 0. The highest BCUT2D eigenvalue weighted by Crippen LogP contribution is 2.41. The molecule has 1 aliphatic carbocycles. The molecule has 4 heteroatoms. The van der Waals surface area contributed by atoms with E-state index in [-0.39, 0.29) is 0 Å². The van der Waals surface area contributed by atoms with Crippen LogP contribution in [-0.2, 0) is 4.79 Å². The van der Waals surface area contributed by atoms with Crippen LogP contribution in [0.5, 0.6) is 0 Å². The zero-order valence-corrected chi connectivity index (χ0v) is 9.28. The van der Waals surface area contributed by atoms with Gasteiger partial charge in [-0.2, -0.15) is 0 Å². The fourth-order valence-corrected chi connectivity index (χ4v) is 1.96. The molecule has 0 saturated carbocycles. The first-order valence-corrected chi connectivity index (χ1v) is 5.44. The van der Waals surface area contributed by atoms with E-state index < -0.39 is 12.4 Å². The van der Waals surface area contributed by atoms with Crippen LogP contribution in [0.3, 0.4) is 0 Å².